The molecule has 0 atom stereocenters. The number of aromatic nitrogens is 1. The highest BCUT2D eigenvalue weighted by atomic mass is 79.9. The summed E-state index contributed by atoms with van der Waals surface area (Å²) >= 11 is 2.37. The summed E-state index contributed by atoms with van der Waals surface area (Å²) < 4.78 is 60.7. The van der Waals surface area contributed by atoms with Crippen LogP contribution in [0.2, 0.25) is 0 Å². The van der Waals surface area contributed by atoms with Crippen molar-refractivity contribution in [2.75, 3.05) is 0 Å². The summed E-state index contributed by atoms with van der Waals surface area (Å²) in [7, 11) is 0. The lowest BCUT2D eigenvalue weighted by Gasteiger charge is -2.09. The number of halogens is 6. The Hall–Kier alpha value is -1.32. The van der Waals surface area contributed by atoms with E-state index in [1.54, 1.807) is 0 Å². The van der Waals surface area contributed by atoms with Gasteiger partial charge in [-0.15, -0.1) is 0 Å². The zero-order valence-corrected chi connectivity index (χ0v) is 9.22. The van der Waals surface area contributed by atoms with Crippen molar-refractivity contribution in [1.29, 1.82) is 0 Å². The molecule has 17 heavy (non-hydrogen) atoms. The van der Waals surface area contributed by atoms with Gasteiger partial charge in [-0.2, -0.15) is 13.2 Å². The predicted octanol–water partition coefficient (Wildman–Crippen LogP) is 3.71. The molecule has 0 saturated carbocycles. The Balaban J connectivity index is 3.52. The Kier molecular flexibility index (Phi) is 3.65. The van der Waals surface area contributed by atoms with Gasteiger partial charge in [-0.3, -0.25) is 10.1 Å². The Labute approximate surface area is 98.7 Å². The van der Waals surface area contributed by atoms with Crippen molar-refractivity contribution >= 4 is 21.6 Å². The molecule has 0 aliphatic rings. The summed E-state index contributed by atoms with van der Waals surface area (Å²) in [4.78, 5) is 12.0. The van der Waals surface area contributed by atoms with E-state index in [0.717, 1.165) is 0 Å². The van der Waals surface area contributed by atoms with Crippen LogP contribution in [0.15, 0.2) is 10.7 Å². The number of alkyl halides is 5. The van der Waals surface area contributed by atoms with Crippen LogP contribution in [0.5, 0.6) is 0 Å². The summed E-state index contributed by atoms with van der Waals surface area (Å²) in [5.74, 6) is 0. The maximum atomic E-state index is 12.4. The van der Waals surface area contributed by atoms with Crippen LogP contribution in [0.3, 0.4) is 0 Å². The van der Waals surface area contributed by atoms with Crippen LogP contribution in [0, 0.1) is 10.1 Å². The third kappa shape index (κ3) is 2.87. The molecule has 1 rings (SSSR count). The van der Waals surface area contributed by atoms with Gasteiger partial charge in [0, 0.05) is 0 Å². The van der Waals surface area contributed by atoms with Gasteiger partial charge in [0.15, 0.2) is 4.60 Å². The zero-order valence-electron chi connectivity index (χ0n) is 7.63. The summed E-state index contributed by atoms with van der Waals surface area (Å²) in [5, 5.41) is 10.4. The van der Waals surface area contributed by atoms with Crippen LogP contribution in [0.4, 0.5) is 27.6 Å². The van der Waals surface area contributed by atoms with E-state index in [0.29, 0.717) is 0 Å². The van der Waals surface area contributed by atoms with Crippen molar-refractivity contribution in [2.24, 2.45) is 0 Å². The molecule has 10 heteroatoms. The van der Waals surface area contributed by atoms with E-state index in [4.69, 9.17) is 0 Å². The van der Waals surface area contributed by atoms with Crippen LogP contribution in [-0.4, -0.2) is 9.91 Å². The van der Waals surface area contributed by atoms with Gasteiger partial charge in [0.25, 0.3) is 6.43 Å². The van der Waals surface area contributed by atoms with Crippen LogP contribution in [0.1, 0.15) is 17.7 Å². The van der Waals surface area contributed by atoms with E-state index in [2.05, 4.69) is 20.9 Å². The van der Waals surface area contributed by atoms with Crippen LogP contribution in [-0.2, 0) is 6.18 Å². The zero-order chi connectivity index (χ0) is 13.4. The number of nitro groups is 1. The van der Waals surface area contributed by atoms with Gasteiger partial charge in [0.2, 0.25) is 0 Å². The molecule has 1 heterocycles. The summed E-state index contributed by atoms with van der Waals surface area (Å²) in [6.45, 7) is 0. The molecule has 1 aromatic rings. The molecular weight excluding hydrogens is 319 g/mol. The van der Waals surface area contributed by atoms with Gasteiger partial charge in [-0.25, -0.2) is 13.8 Å². The number of rotatable bonds is 2. The second-order valence-electron chi connectivity index (χ2n) is 2.79. The van der Waals surface area contributed by atoms with E-state index in [9.17, 15) is 32.1 Å². The first kappa shape index (κ1) is 13.7. The lowest BCUT2D eigenvalue weighted by atomic mass is 10.2. The monoisotopic (exact) mass is 320 g/mol. The van der Waals surface area contributed by atoms with Crippen molar-refractivity contribution in [3.05, 3.63) is 32.0 Å². The third-order valence-electron chi connectivity index (χ3n) is 1.69. The highest BCUT2D eigenvalue weighted by Crippen LogP contribution is 2.38. The molecule has 1 aromatic heterocycles. The molecule has 0 radical (unpaired) electrons. The van der Waals surface area contributed by atoms with Gasteiger partial charge in [0.05, 0.1) is 4.92 Å². The average Bonchev–Trinajstić information content (AvgIpc) is 2.13. The normalized spacial score (nSPS) is 11.9. The highest BCUT2D eigenvalue weighted by molar-refractivity contribution is 9.10. The van der Waals surface area contributed by atoms with Gasteiger partial charge in [-0.1, -0.05) is 0 Å². The number of hydrogen-bond donors (Lipinski definition) is 0. The first-order chi connectivity index (χ1) is 7.64. The topological polar surface area (TPSA) is 56.0 Å². The molecule has 0 amide bonds. The molecule has 0 bridgehead atoms. The molecule has 0 aromatic carbocycles. The molecule has 0 N–H and O–H groups in total. The molecule has 0 aliphatic heterocycles. The minimum atomic E-state index is -4.96. The van der Waals surface area contributed by atoms with Gasteiger partial charge in [-0.05, 0) is 22.0 Å². The van der Waals surface area contributed by atoms with Crippen LogP contribution in [0.25, 0.3) is 0 Å². The van der Waals surface area contributed by atoms with E-state index < -0.39 is 39.1 Å². The first-order valence-electron chi connectivity index (χ1n) is 3.84. The number of nitrogens with zero attached hydrogens (tertiary/aromatic N) is 2. The fraction of sp³-hybridized carbons (Fsp3) is 0.286. The Morgan fingerprint density at radius 1 is 1.41 bits per heavy atom. The largest absolute Gasteiger partial charge is 0.433 e. The number of pyridine rings is 1. The second kappa shape index (κ2) is 4.51. The molecule has 4 nitrogen and oxygen atoms in total. The van der Waals surface area contributed by atoms with E-state index >= 15 is 0 Å². The summed E-state index contributed by atoms with van der Waals surface area (Å²) in [6, 6.07) is -0.0342. The first-order valence-corrected chi connectivity index (χ1v) is 4.64. The molecule has 0 saturated heterocycles. The standard InChI is InChI=1S/C7H2BrF5N2O2/c8-5-4(15(16)17)2(6(9)10)1-3(14-5)7(11,12)13/h1,6H. The maximum absolute atomic E-state index is 12.4. The number of hydrogen-bond acceptors (Lipinski definition) is 3. The third-order valence-corrected chi connectivity index (χ3v) is 2.24. The fourth-order valence-electron chi connectivity index (χ4n) is 1.02. The maximum Gasteiger partial charge on any atom is 0.433 e. The van der Waals surface area contributed by atoms with Crippen molar-refractivity contribution in [2.45, 2.75) is 12.6 Å². The lowest BCUT2D eigenvalue weighted by molar-refractivity contribution is -0.387. The molecule has 0 fully saturated rings. The smallest absolute Gasteiger partial charge is 0.258 e. The highest BCUT2D eigenvalue weighted by Gasteiger charge is 2.37. The van der Waals surface area contributed by atoms with Gasteiger partial charge in [0.1, 0.15) is 11.3 Å². The van der Waals surface area contributed by atoms with Gasteiger partial charge >= 0.3 is 11.9 Å². The van der Waals surface area contributed by atoms with Crippen LogP contribution < -0.4 is 0 Å². The molecule has 0 spiro atoms. The molecule has 94 valence electrons. The summed E-state index contributed by atoms with van der Waals surface area (Å²) in [6.07, 6.45) is -8.36. The average molecular weight is 321 g/mol. The fourth-order valence-corrected chi connectivity index (χ4v) is 1.58. The van der Waals surface area contributed by atoms with Crippen molar-refractivity contribution in [3.8, 4) is 0 Å². The Morgan fingerprint density at radius 3 is 2.29 bits per heavy atom. The van der Waals surface area contributed by atoms with Gasteiger partial charge < -0.3 is 0 Å². The minimum Gasteiger partial charge on any atom is -0.258 e. The van der Waals surface area contributed by atoms with Crippen LogP contribution >= 0.6 is 15.9 Å². The molecule has 0 aliphatic carbocycles. The van der Waals surface area contributed by atoms with E-state index in [1.165, 1.54) is 0 Å². The summed E-state index contributed by atoms with van der Waals surface area (Å²) in [5.41, 5.74) is -4.12. The van der Waals surface area contributed by atoms with E-state index in [-0.39, 0.29) is 6.07 Å². The van der Waals surface area contributed by atoms with E-state index in [1.807, 2.05) is 0 Å². The molecular formula is C7H2BrF5N2O2. The second-order valence-corrected chi connectivity index (χ2v) is 3.54. The Bertz CT molecular complexity index is 462. The van der Waals surface area contributed by atoms with Crippen molar-refractivity contribution < 1.29 is 26.9 Å². The lowest BCUT2D eigenvalue weighted by Crippen LogP contribution is -2.11. The minimum absolute atomic E-state index is 0.0342. The SMILES string of the molecule is O=[N+]([O-])c1c(C(F)F)cc(C(F)(F)F)nc1Br. The molecule has 0 unspecified atom stereocenters. The predicted molar refractivity (Wildman–Crippen MR) is 48.6 cm³/mol. The Morgan fingerprint density at radius 2 is 1.94 bits per heavy atom. The van der Waals surface area contributed by atoms with Crippen molar-refractivity contribution in [1.82, 2.24) is 4.98 Å². The van der Waals surface area contributed by atoms with Crippen molar-refractivity contribution in [3.63, 3.8) is 0 Å². The quantitative estimate of drug-likeness (QED) is 0.361.